The molecule has 2 atom stereocenters. The van der Waals surface area contributed by atoms with Crippen LogP contribution in [-0.2, 0) is 9.47 Å². The second-order valence-corrected chi connectivity index (χ2v) is 21.7. The predicted octanol–water partition coefficient (Wildman–Crippen LogP) is 9.38. The third-order valence-electron chi connectivity index (χ3n) is 9.47. The van der Waals surface area contributed by atoms with Crippen molar-refractivity contribution in [1.82, 2.24) is 29.7 Å². The van der Waals surface area contributed by atoms with E-state index in [0.717, 1.165) is 80.9 Å². The van der Waals surface area contributed by atoms with Crippen LogP contribution >= 0.6 is 0 Å². The van der Waals surface area contributed by atoms with E-state index in [-0.39, 0.29) is 24.3 Å². The zero-order valence-corrected chi connectivity index (χ0v) is 31.4. The number of aromatic nitrogens is 4. The fourth-order valence-corrected chi connectivity index (χ4v) is 10.1. The molecule has 2 aliphatic heterocycles. The van der Waals surface area contributed by atoms with E-state index in [1.54, 1.807) is 4.90 Å². The van der Waals surface area contributed by atoms with Crippen molar-refractivity contribution in [2.75, 3.05) is 12.7 Å². The second kappa shape index (κ2) is 12.3. The Balaban J connectivity index is 1.10. The molecule has 2 aliphatic rings. The Kier molecular flexibility index (Phi) is 8.32. The molecule has 262 valence electrons. The Hall–Kier alpha value is -4.64. The lowest BCUT2D eigenvalue weighted by Gasteiger charge is -2.28. The SMILES string of the molecule is CC(C)(C)OC(=O)N1C[Si](C)(C)CC1c1ncc(-c2ccc(-c3ccc4c(ccc5[nH]c(C6CCCN6C(=O)OC(C)(C)C)nc54)c3)cc2)[nH]1. The van der Waals surface area contributed by atoms with Crippen LogP contribution in [0.15, 0.2) is 60.8 Å². The fraction of sp³-hybridized carbons (Fsp3) is 0.436. The van der Waals surface area contributed by atoms with Gasteiger partial charge in [0.15, 0.2) is 0 Å². The number of hydrogen-bond acceptors (Lipinski definition) is 6. The van der Waals surface area contributed by atoms with E-state index >= 15 is 0 Å². The first-order valence-corrected chi connectivity index (χ1v) is 21.0. The van der Waals surface area contributed by atoms with Gasteiger partial charge in [0.2, 0.25) is 0 Å². The third kappa shape index (κ3) is 6.88. The summed E-state index contributed by atoms with van der Waals surface area (Å²) in [4.78, 5) is 46.5. The lowest BCUT2D eigenvalue weighted by atomic mass is 9.99. The van der Waals surface area contributed by atoms with Crippen molar-refractivity contribution in [2.45, 2.75) is 96.8 Å². The van der Waals surface area contributed by atoms with Crippen LogP contribution in [0, 0.1) is 0 Å². The van der Waals surface area contributed by atoms with Crippen LogP contribution in [0.1, 0.15) is 78.1 Å². The molecule has 2 amide bonds. The Labute approximate surface area is 294 Å². The number of fused-ring (bicyclic) bond motifs is 3. The second-order valence-electron chi connectivity index (χ2n) is 16.6. The van der Waals surface area contributed by atoms with Gasteiger partial charge >= 0.3 is 12.2 Å². The summed E-state index contributed by atoms with van der Waals surface area (Å²) in [6.07, 6.45) is 3.81. The van der Waals surface area contributed by atoms with Gasteiger partial charge in [-0.1, -0.05) is 55.6 Å². The van der Waals surface area contributed by atoms with E-state index in [9.17, 15) is 9.59 Å². The van der Waals surface area contributed by atoms with Gasteiger partial charge in [-0.2, -0.15) is 0 Å². The number of amides is 2. The van der Waals surface area contributed by atoms with Crippen LogP contribution < -0.4 is 0 Å². The number of aromatic amines is 2. The average molecular weight is 693 g/mol. The highest BCUT2D eigenvalue weighted by molar-refractivity contribution is 6.78. The first-order valence-electron chi connectivity index (χ1n) is 17.6. The minimum atomic E-state index is -1.62. The molecule has 0 bridgehead atoms. The molecule has 50 heavy (non-hydrogen) atoms. The minimum Gasteiger partial charge on any atom is -0.444 e. The zero-order valence-electron chi connectivity index (χ0n) is 30.4. The zero-order chi connectivity index (χ0) is 35.6. The molecule has 5 aromatic rings. The van der Waals surface area contributed by atoms with Gasteiger partial charge in [0.1, 0.15) is 22.9 Å². The molecule has 0 radical (unpaired) electrons. The molecule has 0 aliphatic carbocycles. The average Bonchev–Trinajstić information content (AvgIpc) is 3.84. The number of imidazole rings is 2. The van der Waals surface area contributed by atoms with E-state index in [0.29, 0.717) is 6.54 Å². The molecule has 2 saturated heterocycles. The highest BCUT2D eigenvalue weighted by Crippen LogP contribution is 2.39. The van der Waals surface area contributed by atoms with Gasteiger partial charge in [0.25, 0.3) is 0 Å². The number of ether oxygens (including phenoxy) is 2. The maximum Gasteiger partial charge on any atom is 0.410 e. The topological polar surface area (TPSA) is 116 Å². The van der Waals surface area contributed by atoms with Crippen LogP contribution in [0.5, 0.6) is 0 Å². The normalized spacial score (nSPS) is 19.4. The number of carbonyl (C=O) groups is 2. The van der Waals surface area contributed by atoms with Gasteiger partial charge in [-0.25, -0.2) is 19.6 Å². The standard InChI is InChI=1S/C39H48N6O4Si/c1-38(2,3)48-36(46)44-19-9-10-31(44)35-41-29-18-16-27-20-26(15-17-28(27)33(29)43-35)24-11-13-25(14-12-24)30-21-40-34(42-30)32-22-50(7,8)23-45(32)37(47)49-39(4,5)6/h11-18,20-21,31-32H,9-10,19,22-23H2,1-8H3,(H,40,42)(H,41,43). The Morgan fingerprint density at radius 2 is 1.46 bits per heavy atom. The summed E-state index contributed by atoms with van der Waals surface area (Å²) in [6, 6.07) is 19.8. The summed E-state index contributed by atoms with van der Waals surface area (Å²) >= 11 is 0. The molecule has 10 nitrogen and oxygen atoms in total. The van der Waals surface area contributed by atoms with E-state index in [4.69, 9.17) is 19.4 Å². The van der Waals surface area contributed by atoms with Crippen molar-refractivity contribution in [2.24, 2.45) is 0 Å². The number of benzene rings is 3. The number of nitrogens with one attached hydrogen (secondary N) is 2. The summed E-state index contributed by atoms with van der Waals surface area (Å²) in [7, 11) is -1.62. The molecule has 2 N–H and O–H groups in total. The third-order valence-corrected chi connectivity index (χ3v) is 12.2. The van der Waals surface area contributed by atoms with Crippen molar-refractivity contribution in [3.63, 3.8) is 0 Å². The maximum atomic E-state index is 13.1. The van der Waals surface area contributed by atoms with Gasteiger partial charge in [-0.15, -0.1) is 0 Å². The Bertz CT molecular complexity index is 2070. The summed E-state index contributed by atoms with van der Waals surface area (Å²) in [5, 5.41) is 2.17. The van der Waals surface area contributed by atoms with Gasteiger partial charge < -0.3 is 24.3 Å². The Morgan fingerprint density at radius 3 is 2.16 bits per heavy atom. The number of nitrogens with zero attached hydrogens (tertiary/aromatic N) is 4. The fourth-order valence-electron chi connectivity index (χ4n) is 7.27. The summed E-state index contributed by atoms with van der Waals surface area (Å²) < 4.78 is 11.4. The summed E-state index contributed by atoms with van der Waals surface area (Å²) in [5.74, 6) is 1.61. The van der Waals surface area contributed by atoms with Crippen LogP contribution in [-0.4, -0.2) is 73.9 Å². The van der Waals surface area contributed by atoms with Crippen LogP contribution in [0.25, 0.3) is 44.2 Å². The van der Waals surface area contributed by atoms with Crippen LogP contribution in [0.2, 0.25) is 19.1 Å². The predicted molar refractivity (Wildman–Crippen MR) is 200 cm³/mol. The molecule has 2 aromatic heterocycles. The maximum absolute atomic E-state index is 13.1. The smallest absolute Gasteiger partial charge is 0.410 e. The molecule has 2 fully saturated rings. The molecule has 0 saturated carbocycles. The van der Waals surface area contributed by atoms with Crippen molar-refractivity contribution in [1.29, 1.82) is 0 Å². The lowest BCUT2D eigenvalue weighted by Crippen LogP contribution is -2.39. The first-order chi connectivity index (χ1) is 23.5. The largest absolute Gasteiger partial charge is 0.444 e. The molecular weight excluding hydrogens is 645 g/mol. The molecule has 2 unspecified atom stereocenters. The van der Waals surface area contributed by atoms with E-state index < -0.39 is 19.3 Å². The minimum absolute atomic E-state index is 0.115. The molecule has 11 heteroatoms. The van der Waals surface area contributed by atoms with E-state index in [2.05, 4.69) is 77.7 Å². The van der Waals surface area contributed by atoms with Crippen molar-refractivity contribution < 1.29 is 19.1 Å². The number of H-pyrrole nitrogens is 2. The lowest BCUT2D eigenvalue weighted by molar-refractivity contribution is 0.0212. The number of carbonyl (C=O) groups excluding carboxylic acids is 2. The number of rotatable bonds is 4. The summed E-state index contributed by atoms with van der Waals surface area (Å²) in [6.45, 7) is 16.7. The van der Waals surface area contributed by atoms with Crippen LogP contribution in [0.4, 0.5) is 9.59 Å². The van der Waals surface area contributed by atoms with Crippen LogP contribution in [0.3, 0.4) is 0 Å². The molecular formula is C39H48N6O4Si. The highest BCUT2D eigenvalue weighted by Gasteiger charge is 2.45. The Morgan fingerprint density at radius 1 is 0.800 bits per heavy atom. The van der Waals surface area contributed by atoms with Gasteiger partial charge in [0.05, 0.1) is 43.1 Å². The number of likely N-dealkylation sites (tertiary alicyclic amines) is 1. The molecule has 4 heterocycles. The first kappa shape index (κ1) is 33.8. The van der Waals surface area contributed by atoms with E-state index in [1.165, 1.54) is 0 Å². The molecule has 0 spiro atoms. The van der Waals surface area contributed by atoms with Crippen molar-refractivity contribution in [3.05, 3.63) is 72.4 Å². The van der Waals surface area contributed by atoms with Gasteiger partial charge in [-0.05, 0) is 94.6 Å². The van der Waals surface area contributed by atoms with Gasteiger partial charge in [0, 0.05) is 18.1 Å². The van der Waals surface area contributed by atoms with Gasteiger partial charge in [-0.3, -0.25) is 4.90 Å². The highest BCUT2D eigenvalue weighted by atomic mass is 28.3. The van der Waals surface area contributed by atoms with Crippen molar-refractivity contribution in [3.8, 4) is 22.4 Å². The van der Waals surface area contributed by atoms with E-state index in [1.807, 2.05) is 52.6 Å². The monoisotopic (exact) mass is 692 g/mol. The quantitative estimate of drug-likeness (QED) is 0.181. The van der Waals surface area contributed by atoms with Crippen molar-refractivity contribution >= 4 is 42.1 Å². The molecule has 3 aromatic carbocycles. The molecule has 7 rings (SSSR count). The summed E-state index contributed by atoms with van der Waals surface area (Å²) in [5.41, 5.74) is 4.94. The number of hydrogen-bond donors (Lipinski definition) is 2.